The van der Waals surface area contributed by atoms with E-state index >= 15 is 0 Å². The van der Waals surface area contributed by atoms with Gasteiger partial charge in [-0.15, -0.1) is 0 Å². The fraction of sp³-hybridized carbons (Fsp3) is 0. The van der Waals surface area contributed by atoms with Crippen LogP contribution in [0.3, 0.4) is 0 Å². The van der Waals surface area contributed by atoms with Gasteiger partial charge in [-0.1, -0.05) is 0 Å². The summed E-state index contributed by atoms with van der Waals surface area (Å²) in [6.45, 7) is 0. The van der Waals surface area contributed by atoms with E-state index in [1.54, 1.807) is 0 Å². The van der Waals surface area contributed by atoms with Gasteiger partial charge in [-0.2, -0.15) is 0 Å². The van der Waals surface area contributed by atoms with E-state index < -0.39 is 7.82 Å². The molecule has 8 heavy (non-hydrogen) atoms. The van der Waals surface area contributed by atoms with Crippen molar-refractivity contribution in [1.82, 2.24) is 0 Å². The van der Waals surface area contributed by atoms with Crippen LogP contribution in [-0.4, -0.2) is 68.2 Å². The predicted octanol–water partition coefficient (Wildman–Crippen LogP) is -5.91. The molecule has 0 aromatic rings. The molecule has 0 aliphatic heterocycles. The van der Waals surface area contributed by atoms with Gasteiger partial charge in [0, 0.05) is 0 Å². The fourth-order valence-corrected chi connectivity index (χ4v) is 0. The molecular weight excluding hydrogens is 597 g/mol. The van der Waals surface area contributed by atoms with Gasteiger partial charge in [-0.25, -0.2) is 4.57 Å². The Balaban J connectivity index is -0.0000000133. The minimum atomic E-state index is -4.64. The molecule has 0 saturated carbocycles. The molecule has 8 heteroatoms. The molecule has 0 atom stereocenters. The summed E-state index contributed by atoms with van der Waals surface area (Å²) in [6, 6.07) is 0. The van der Waals surface area contributed by atoms with Crippen LogP contribution in [0.2, 0.25) is 0 Å². The maximum atomic E-state index is 8.88. The summed E-state index contributed by atoms with van der Waals surface area (Å²) in [7, 11) is -4.64. The molecule has 2 radical (unpaired) electrons. The van der Waals surface area contributed by atoms with Crippen molar-refractivity contribution in [2.45, 2.75) is 0 Å². The predicted molar refractivity (Wildman–Crippen MR) is 33.9 cm³/mol. The van der Waals surface area contributed by atoms with Gasteiger partial charge in [0.05, 0.1) is 0 Å². The standard InChI is InChI=1S/Bi.H3O4P.Pb.Rb.6H/c;1-5(2,3)4;;;;;;;;/h;(H3,1,2,3,4);;;;;;;;/q;;;+1;;;;;;-1. The van der Waals surface area contributed by atoms with Crippen molar-refractivity contribution in [3.63, 3.8) is 0 Å². The van der Waals surface area contributed by atoms with Gasteiger partial charge in [0.1, 0.15) is 0 Å². The van der Waals surface area contributed by atoms with E-state index in [4.69, 9.17) is 19.2 Å². The normalized spacial score (nSPS) is 7.38. The van der Waals surface area contributed by atoms with Crippen LogP contribution in [0.5, 0.6) is 0 Å². The van der Waals surface area contributed by atoms with Gasteiger partial charge >= 0.3 is 120 Å². The van der Waals surface area contributed by atoms with Crippen molar-refractivity contribution in [2.75, 3.05) is 0 Å². The first-order valence-corrected chi connectivity index (χ1v) is 2.35. The van der Waals surface area contributed by atoms with Crippen LogP contribution >= 0.6 is 7.82 Å². The van der Waals surface area contributed by atoms with Crippen molar-refractivity contribution < 1.29 is 78.9 Å². The smallest absolute Gasteiger partial charge is 1.00 e. The Morgan fingerprint density at radius 1 is 1.25 bits per heavy atom. The third-order valence-electron chi connectivity index (χ3n) is 0. The van der Waals surface area contributed by atoms with Crippen molar-refractivity contribution >= 4 is 61.3 Å². The number of hydrogen-bond donors (Lipinski definition) is 3. The Morgan fingerprint density at radius 2 is 1.25 bits per heavy atom. The summed E-state index contributed by atoms with van der Waals surface area (Å²) in [5.74, 6) is 0. The van der Waals surface area contributed by atoms with Gasteiger partial charge in [0.15, 0.2) is 0 Å². The van der Waals surface area contributed by atoms with Gasteiger partial charge in [0.25, 0.3) is 0 Å². The molecule has 0 aliphatic carbocycles. The second-order valence-corrected chi connectivity index (χ2v) is 1.54. The third kappa shape index (κ3) is 53.4. The molecule has 0 aromatic carbocycles. The molecule has 48 valence electrons. The average Bonchev–Trinajstić information content (AvgIpc) is 0.722. The van der Waals surface area contributed by atoms with Crippen LogP contribution in [0.1, 0.15) is 1.43 Å². The zero-order valence-corrected chi connectivity index (χ0v) is 21.4. The van der Waals surface area contributed by atoms with E-state index in [-0.39, 0.29) is 113 Å². The molecule has 0 aliphatic rings. The van der Waals surface area contributed by atoms with E-state index in [1.807, 2.05) is 0 Å². The average molecular weight is 606 g/mol. The molecule has 0 unspecified atom stereocenters. The Labute approximate surface area is 137 Å². The third-order valence-corrected chi connectivity index (χ3v) is 0. The van der Waals surface area contributed by atoms with Crippen LogP contribution in [0.15, 0.2) is 0 Å². The van der Waals surface area contributed by atoms with Gasteiger partial charge in [-0.3, -0.25) is 0 Å². The van der Waals surface area contributed by atoms with E-state index in [1.165, 1.54) is 0 Å². The van der Waals surface area contributed by atoms with Crippen LogP contribution in [-0.2, 0) is 4.57 Å². The first-order chi connectivity index (χ1) is 2.00. The maximum absolute atomic E-state index is 8.88. The minimum Gasteiger partial charge on any atom is 1.00 e. The summed E-state index contributed by atoms with van der Waals surface area (Å²) in [4.78, 5) is 21.6. The van der Waals surface area contributed by atoms with Crippen LogP contribution < -0.4 is 58.2 Å². The van der Waals surface area contributed by atoms with Gasteiger partial charge in [0.2, 0.25) is 0 Å². The number of phosphoric acid groups is 1. The molecular formula is H9BiO4PPbRb. The van der Waals surface area contributed by atoms with E-state index in [2.05, 4.69) is 0 Å². The Hall–Kier alpha value is 3.72. The summed E-state index contributed by atoms with van der Waals surface area (Å²) in [5, 5.41) is 0. The fourth-order valence-electron chi connectivity index (χ4n) is 0. The second-order valence-electron chi connectivity index (χ2n) is 0.513. The SMILES string of the molecule is O=P(O)(O)O.[BiH3].[H-].[PbH2].[Rb+]. The topological polar surface area (TPSA) is 77.8 Å². The summed E-state index contributed by atoms with van der Waals surface area (Å²) in [5.41, 5.74) is 0. The van der Waals surface area contributed by atoms with Gasteiger partial charge in [-0.05, 0) is 0 Å². The molecule has 4 nitrogen and oxygen atoms in total. The quantitative estimate of drug-likeness (QED) is 0.190. The molecule has 0 fully saturated rings. The Bertz CT molecular complexity index is 66.7. The number of rotatable bonds is 0. The van der Waals surface area contributed by atoms with Crippen LogP contribution in [0.25, 0.3) is 0 Å². The molecule has 0 rings (SSSR count). The first-order valence-electron chi connectivity index (χ1n) is 0.783. The summed E-state index contributed by atoms with van der Waals surface area (Å²) in [6.07, 6.45) is 0. The largest absolute Gasteiger partial charge is 1.00 e. The molecule has 0 heterocycles. The Kier molecular flexibility index (Phi) is 30.3. The first kappa shape index (κ1) is 22.6. The molecule has 0 saturated heterocycles. The van der Waals surface area contributed by atoms with Gasteiger partial charge < -0.3 is 16.1 Å². The van der Waals surface area contributed by atoms with Crippen molar-refractivity contribution in [3.05, 3.63) is 0 Å². The van der Waals surface area contributed by atoms with E-state index in [0.717, 1.165) is 0 Å². The monoisotopic (exact) mass is 606 g/mol. The molecule has 0 amide bonds. The maximum Gasteiger partial charge on any atom is 1.00 e. The van der Waals surface area contributed by atoms with Crippen molar-refractivity contribution in [3.8, 4) is 0 Å². The summed E-state index contributed by atoms with van der Waals surface area (Å²) >= 11 is 0. The van der Waals surface area contributed by atoms with Crippen LogP contribution in [0.4, 0.5) is 0 Å². The zero-order chi connectivity index (χ0) is 4.50. The minimum absolute atomic E-state index is 0. The van der Waals surface area contributed by atoms with Crippen molar-refractivity contribution in [1.29, 1.82) is 0 Å². The van der Waals surface area contributed by atoms with Crippen LogP contribution in [0, 0.1) is 0 Å². The molecule has 0 aromatic heterocycles. The number of hydrogen-bond acceptors (Lipinski definition) is 1. The molecule has 3 N–H and O–H groups in total. The zero-order valence-electron chi connectivity index (χ0n) is 5.61. The Morgan fingerprint density at radius 3 is 1.25 bits per heavy atom. The molecule has 0 spiro atoms. The second kappa shape index (κ2) is 10.7. The summed E-state index contributed by atoms with van der Waals surface area (Å²) < 4.78 is 8.88. The van der Waals surface area contributed by atoms with E-state index in [9.17, 15) is 0 Å². The molecule has 0 bridgehead atoms. The van der Waals surface area contributed by atoms with E-state index in [0.29, 0.717) is 0 Å². The van der Waals surface area contributed by atoms with Crippen molar-refractivity contribution in [2.24, 2.45) is 0 Å².